The highest BCUT2D eigenvalue weighted by molar-refractivity contribution is 7.89. The average molecular weight is 386 g/mol. The van der Waals surface area contributed by atoms with Crippen LogP contribution in [0, 0.1) is 0 Å². The van der Waals surface area contributed by atoms with Gasteiger partial charge in [0.05, 0.1) is 20.3 Å². The minimum absolute atomic E-state index is 0.0227. The van der Waals surface area contributed by atoms with E-state index in [0.29, 0.717) is 10.8 Å². The maximum absolute atomic E-state index is 12.6. The van der Waals surface area contributed by atoms with Gasteiger partial charge < -0.3 is 14.2 Å². The van der Waals surface area contributed by atoms with Crippen molar-refractivity contribution in [2.45, 2.75) is 11.0 Å². The lowest BCUT2D eigenvalue weighted by Gasteiger charge is -2.19. The highest BCUT2D eigenvalue weighted by Gasteiger charge is 2.23. The number of ether oxygens (including phenoxy) is 3. The number of hydrogen-bond acceptors (Lipinski definition) is 5. The first-order valence-electron chi connectivity index (χ1n) is 7.42. The Hall–Kier alpha value is -1.80. The number of sulfonamides is 1. The van der Waals surface area contributed by atoms with E-state index in [4.69, 9.17) is 25.8 Å². The molecule has 0 aromatic heterocycles. The molecule has 2 rings (SSSR count). The second-order valence-corrected chi connectivity index (χ2v) is 7.29. The Kier molecular flexibility index (Phi) is 6.66. The second kappa shape index (κ2) is 8.53. The van der Waals surface area contributed by atoms with E-state index in [1.165, 1.54) is 26.4 Å². The number of para-hydroxylation sites is 1. The molecular formula is C17H20ClNO5S. The Morgan fingerprint density at radius 3 is 2.36 bits per heavy atom. The number of hydrogen-bond donors (Lipinski definition) is 1. The maximum Gasteiger partial charge on any atom is 0.244 e. The van der Waals surface area contributed by atoms with Gasteiger partial charge in [-0.05, 0) is 24.3 Å². The van der Waals surface area contributed by atoms with Gasteiger partial charge in [0.2, 0.25) is 10.0 Å². The molecule has 0 spiro atoms. The lowest BCUT2D eigenvalue weighted by molar-refractivity contribution is 0.105. The van der Waals surface area contributed by atoms with Crippen molar-refractivity contribution in [3.8, 4) is 11.5 Å². The Bertz CT molecular complexity index is 826. The molecule has 0 saturated carbocycles. The van der Waals surface area contributed by atoms with E-state index in [9.17, 15) is 8.42 Å². The molecule has 0 radical (unpaired) electrons. The van der Waals surface area contributed by atoms with E-state index in [-0.39, 0.29) is 17.2 Å². The van der Waals surface area contributed by atoms with E-state index in [0.717, 1.165) is 5.56 Å². The number of methoxy groups -OCH3 is 3. The van der Waals surface area contributed by atoms with E-state index >= 15 is 0 Å². The van der Waals surface area contributed by atoms with Gasteiger partial charge >= 0.3 is 0 Å². The number of nitrogens with one attached hydrogen (secondary N) is 1. The van der Waals surface area contributed by atoms with Crippen molar-refractivity contribution in [3.63, 3.8) is 0 Å². The highest BCUT2D eigenvalue weighted by Crippen LogP contribution is 2.29. The third-order valence-electron chi connectivity index (χ3n) is 3.64. The quantitative estimate of drug-likeness (QED) is 0.756. The van der Waals surface area contributed by atoms with Crippen LogP contribution in [0.3, 0.4) is 0 Å². The van der Waals surface area contributed by atoms with Crippen molar-refractivity contribution in [2.75, 3.05) is 27.9 Å². The summed E-state index contributed by atoms with van der Waals surface area (Å²) in [5, 5.41) is 0.300. The van der Waals surface area contributed by atoms with E-state index in [1.807, 2.05) is 18.2 Å². The Balaban J connectivity index is 2.25. The van der Waals surface area contributed by atoms with Crippen molar-refractivity contribution in [3.05, 3.63) is 53.1 Å². The third-order valence-corrected chi connectivity index (χ3v) is 5.32. The predicted molar refractivity (Wildman–Crippen MR) is 95.9 cm³/mol. The zero-order valence-corrected chi connectivity index (χ0v) is 15.7. The van der Waals surface area contributed by atoms with E-state index in [1.54, 1.807) is 19.2 Å². The Morgan fingerprint density at radius 1 is 1.04 bits per heavy atom. The summed E-state index contributed by atoms with van der Waals surface area (Å²) in [7, 11) is 0.613. The molecule has 0 amide bonds. The lowest BCUT2D eigenvalue weighted by Crippen LogP contribution is -2.29. The van der Waals surface area contributed by atoms with Crippen LogP contribution in [-0.2, 0) is 14.8 Å². The Labute approximate surface area is 152 Å². The molecule has 2 aromatic rings. The van der Waals surface area contributed by atoms with Crippen molar-refractivity contribution in [1.82, 2.24) is 4.72 Å². The first kappa shape index (κ1) is 19.5. The summed E-state index contributed by atoms with van der Waals surface area (Å²) < 4.78 is 43.6. The van der Waals surface area contributed by atoms with Gasteiger partial charge in [0.15, 0.2) is 0 Å². The first-order valence-corrected chi connectivity index (χ1v) is 9.28. The minimum atomic E-state index is -3.84. The normalized spacial score (nSPS) is 12.6. The summed E-state index contributed by atoms with van der Waals surface area (Å²) in [5.74, 6) is 0.831. The van der Waals surface area contributed by atoms with Gasteiger partial charge in [0.25, 0.3) is 0 Å². The van der Waals surface area contributed by atoms with Crippen molar-refractivity contribution in [1.29, 1.82) is 0 Å². The van der Waals surface area contributed by atoms with Crippen molar-refractivity contribution < 1.29 is 22.6 Å². The molecule has 0 unspecified atom stereocenters. The monoisotopic (exact) mass is 385 g/mol. The van der Waals surface area contributed by atoms with Gasteiger partial charge in [0, 0.05) is 24.2 Å². The van der Waals surface area contributed by atoms with Gasteiger partial charge in [-0.25, -0.2) is 13.1 Å². The third kappa shape index (κ3) is 4.64. The fourth-order valence-electron chi connectivity index (χ4n) is 2.38. The van der Waals surface area contributed by atoms with Crippen LogP contribution in [-0.4, -0.2) is 36.3 Å². The van der Waals surface area contributed by atoms with Gasteiger partial charge in [-0.1, -0.05) is 29.8 Å². The zero-order valence-electron chi connectivity index (χ0n) is 14.2. The van der Waals surface area contributed by atoms with Gasteiger partial charge in [-0.3, -0.25) is 0 Å². The van der Waals surface area contributed by atoms with Crippen LogP contribution in [0.25, 0.3) is 0 Å². The number of halogens is 1. The van der Waals surface area contributed by atoms with Crippen molar-refractivity contribution >= 4 is 21.6 Å². The topological polar surface area (TPSA) is 73.9 Å². The molecule has 0 aliphatic carbocycles. The molecule has 25 heavy (non-hydrogen) atoms. The average Bonchev–Trinajstić information content (AvgIpc) is 2.62. The molecule has 136 valence electrons. The van der Waals surface area contributed by atoms with Crippen LogP contribution in [0.5, 0.6) is 11.5 Å². The minimum Gasteiger partial charge on any atom is -0.496 e. The largest absolute Gasteiger partial charge is 0.496 e. The van der Waals surface area contributed by atoms with Crippen LogP contribution < -0.4 is 14.2 Å². The molecule has 0 bridgehead atoms. The smallest absolute Gasteiger partial charge is 0.244 e. The van der Waals surface area contributed by atoms with E-state index < -0.39 is 16.1 Å². The molecule has 8 heteroatoms. The Morgan fingerprint density at radius 2 is 1.72 bits per heavy atom. The van der Waals surface area contributed by atoms with Crippen LogP contribution in [0.1, 0.15) is 11.7 Å². The second-order valence-electron chi connectivity index (χ2n) is 5.11. The molecule has 0 fully saturated rings. The summed E-state index contributed by atoms with van der Waals surface area (Å²) in [5.41, 5.74) is 0.744. The van der Waals surface area contributed by atoms with Gasteiger partial charge in [0.1, 0.15) is 16.4 Å². The summed E-state index contributed by atoms with van der Waals surface area (Å²) in [6, 6.07) is 11.7. The lowest BCUT2D eigenvalue weighted by atomic mass is 10.1. The molecule has 6 nitrogen and oxygen atoms in total. The summed E-state index contributed by atoms with van der Waals surface area (Å²) in [6.45, 7) is 0.0227. The molecule has 2 aromatic carbocycles. The summed E-state index contributed by atoms with van der Waals surface area (Å²) in [6.07, 6.45) is -0.517. The van der Waals surface area contributed by atoms with Gasteiger partial charge in [-0.15, -0.1) is 0 Å². The van der Waals surface area contributed by atoms with Crippen LogP contribution in [0.15, 0.2) is 47.4 Å². The molecule has 1 atom stereocenters. The van der Waals surface area contributed by atoms with Crippen LogP contribution in [0.4, 0.5) is 0 Å². The fraction of sp³-hybridized carbons (Fsp3) is 0.294. The SMILES string of the molecule is COc1ccccc1[C@H](CNS(=O)(=O)c1cc(Cl)ccc1OC)OC. The van der Waals surface area contributed by atoms with Crippen LogP contribution in [0.2, 0.25) is 5.02 Å². The fourth-order valence-corrected chi connectivity index (χ4v) is 3.84. The van der Waals surface area contributed by atoms with Gasteiger partial charge in [-0.2, -0.15) is 0 Å². The molecule has 0 saturated heterocycles. The molecular weight excluding hydrogens is 366 g/mol. The molecule has 1 N–H and O–H groups in total. The predicted octanol–water partition coefficient (Wildman–Crippen LogP) is 3.02. The van der Waals surface area contributed by atoms with E-state index in [2.05, 4.69) is 4.72 Å². The first-order chi connectivity index (χ1) is 11.9. The summed E-state index contributed by atoms with van der Waals surface area (Å²) in [4.78, 5) is -0.0302. The summed E-state index contributed by atoms with van der Waals surface area (Å²) >= 11 is 5.92. The number of benzene rings is 2. The van der Waals surface area contributed by atoms with Crippen LogP contribution >= 0.6 is 11.6 Å². The number of rotatable bonds is 8. The zero-order chi connectivity index (χ0) is 18.4. The molecule has 0 aliphatic rings. The van der Waals surface area contributed by atoms with Crippen molar-refractivity contribution in [2.24, 2.45) is 0 Å². The maximum atomic E-state index is 12.6. The highest BCUT2D eigenvalue weighted by atomic mass is 35.5. The molecule has 0 aliphatic heterocycles. The standard InChI is InChI=1S/C17H20ClNO5S/c1-22-14-7-5-4-6-13(14)16(24-3)11-19-25(20,21)17-10-12(18)8-9-15(17)23-2/h4-10,16,19H,11H2,1-3H3/t16-/m0/s1. The molecule has 0 heterocycles.